The molecule has 1 fully saturated rings. The van der Waals surface area contributed by atoms with Gasteiger partial charge >= 0.3 is 7.12 Å². The highest BCUT2D eigenvalue weighted by Crippen LogP contribution is 2.36. The third kappa shape index (κ3) is 3.79. The van der Waals surface area contributed by atoms with Crippen molar-refractivity contribution in [2.24, 2.45) is 0 Å². The molecule has 0 radical (unpaired) electrons. The Labute approximate surface area is 129 Å². The van der Waals surface area contributed by atoms with Gasteiger partial charge in [-0.1, -0.05) is 12.1 Å². The molecule has 4 nitrogen and oxygen atoms in total. The first-order chi connectivity index (χ1) is 9.71. The number of benzene rings is 1. The first kappa shape index (κ1) is 16.3. The Balaban J connectivity index is 2.05. The highest BCUT2D eigenvalue weighted by atomic mass is 16.7. The molecule has 0 aromatic heterocycles. The van der Waals surface area contributed by atoms with E-state index < -0.39 is 0 Å². The van der Waals surface area contributed by atoms with Crippen LogP contribution in [0.25, 0.3) is 0 Å². The third-order valence-electron chi connectivity index (χ3n) is 4.30. The first-order valence-corrected chi connectivity index (χ1v) is 7.55. The van der Waals surface area contributed by atoms with E-state index in [1.807, 2.05) is 6.07 Å². The lowest BCUT2D eigenvalue weighted by molar-refractivity contribution is 0.00578. The van der Waals surface area contributed by atoms with Gasteiger partial charge in [0.15, 0.2) is 0 Å². The third-order valence-corrected chi connectivity index (χ3v) is 4.30. The number of nitrogens with one attached hydrogen (secondary N) is 1. The van der Waals surface area contributed by atoms with Crippen molar-refractivity contribution in [3.8, 4) is 0 Å². The molecular formula is C16H27BN2O2. The molecule has 1 heterocycles. The van der Waals surface area contributed by atoms with Gasteiger partial charge in [0.2, 0.25) is 0 Å². The minimum atomic E-state index is -0.300. The first-order valence-electron chi connectivity index (χ1n) is 7.55. The summed E-state index contributed by atoms with van der Waals surface area (Å²) in [5.41, 5.74) is 1.56. The molecule has 1 N–H and O–H groups in total. The zero-order valence-corrected chi connectivity index (χ0v) is 14.1. The molecular weight excluding hydrogens is 263 g/mol. The van der Waals surface area contributed by atoms with Gasteiger partial charge in [-0.2, -0.15) is 0 Å². The topological polar surface area (TPSA) is 33.7 Å². The van der Waals surface area contributed by atoms with E-state index in [0.717, 1.165) is 24.2 Å². The average molecular weight is 290 g/mol. The van der Waals surface area contributed by atoms with Gasteiger partial charge in [-0.25, -0.2) is 0 Å². The summed E-state index contributed by atoms with van der Waals surface area (Å²) in [6.07, 6.45) is 0. The normalized spacial score (nSPS) is 20.0. The molecule has 0 amide bonds. The lowest BCUT2D eigenvalue weighted by Gasteiger charge is -2.32. The minimum absolute atomic E-state index is 0.300. The lowest BCUT2D eigenvalue weighted by Crippen LogP contribution is -2.41. The molecule has 1 aromatic rings. The molecule has 0 spiro atoms. The van der Waals surface area contributed by atoms with Crippen LogP contribution in [0, 0.1) is 0 Å². The molecule has 1 aromatic carbocycles. The smallest absolute Gasteiger partial charge is 0.399 e. The van der Waals surface area contributed by atoms with Crippen LogP contribution in [0.4, 0.5) is 5.69 Å². The van der Waals surface area contributed by atoms with Gasteiger partial charge in [-0.15, -0.1) is 0 Å². The summed E-state index contributed by atoms with van der Waals surface area (Å²) in [7, 11) is 3.84. The summed E-state index contributed by atoms with van der Waals surface area (Å²) in [4.78, 5) is 2.16. The number of nitrogens with zero attached hydrogens (tertiary/aromatic N) is 1. The Hall–Kier alpha value is -1.04. The maximum atomic E-state index is 6.09. The number of hydrogen-bond donors (Lipinski definition) is 1. The van der Waals surface area contributed by atoms with Crippen LogP contribution in [-0.2, 0) is 9.31 Å². The van der Waals surface area contributed by atoms with Crippen molar-refractivity contribution in [1.29, 1.82) is 0 Å². The fourth-order valence-electron chi connectivity index (χ4n) is 2.20. The summed E-state index contributed by atoms with van der Waals surface area (Å²) in [6, 6.07) is 8.28. The highest BCUT2D eigenvalue weighted by molar-refractivity contribution is 6.62. The van der Waals surface area contributed by atoms with E-state index >= 15 is 0 Å². The van der Waals surface area contributed by atoms with E-state index in [-0.39, 0.29) is 18.3 Å². The Kier molecular flexibility index (Phi) is 4.66. The molecule has 0 bridgehead atoms. The van der Waals surface area contributed by atoms with E-state index in [4.69, 9.17) is 9.31 Å². The summed E-state index contributed by atoms with van der Waals surface area (Å²) >= 11 is 0. The second kappa shape index (κ2) is 5.99. The van der Waals surface area contributed by atoms with E-state index in [1.54, 1.807) is 0 Å². The number of likely N-dealkylation sites (N-methyl/N-ethyl adjacent to an activating group) is 1. The van der Waals surface area contributed by atoms with Crippen LogP contribution in [0.1, 0.15) is 27.7 Å². The zero-order valence-electron chi connectivity index (χ0n) is 14.1. The number of hydrogen-bond acceptors (Lipinski definition) is 4. The Morgan fingerprint density at radius 1 is 1.10 bits per heavy atom. The molecule has 21 heavy (non-hydrogen) atoms. The maximum absolute atomic E-state index is 6.09. The van der Waals surface area contributed by atoms with Crippen molar-refractivity contribution in [2.75, 3.05) is 32.5 Å². The van der Waals surface area contributed by atoms with Crippen LogP contribution in [0.2, 0.25) is 0 Å². The predicted octanol–water partition coefficient (Wildman–Crippen LogP) is 1.96. The average Bonchev–Trinajstić information content (AvgIpc) is 2.58. The van der Waals surface area contributed by atoms with Gasteiger partial charge in [0.25, 0.3) is 0 Å². The van der Waals surface area contributed by atoms with Gasteiger partial charge in [-0.3, -0.25) is 0 Å². The van der Waals surface area contributed by atoms with E-state index in [9.17, 15) is 0 Å². The molecule has 2 rings (SSSR count). The zero-order chi connectivity index (χ0) is 15.7. The van der Waals surface area contributed by atoms with Crippen LogP contribution in [-0.4, -0.2) is 50.4 Å². The predicted molar refractivity (Wildman–Crippen MR) is 89.2 cm³/mol. The minimum Gasteiger partial charge on any atom is -0.399 e. The molecule has 0 atom stereocenters. The monoisotopic (exact) mass is 290 g/mol. The van der Waals surface area contributed by atoms with Gasteiger partial charge in [0, 0.05) is 18.8 Å². The van der Waals surface area contributed by atoms with Gasteiger partial charge in [0.05, 0.1) is 11.2 Å². The van der Waals surface area contributed by atoms with Crippen molar-refractivity contribution in [3.63, 3.8) is 0 Å². The van der Waals surface area contributed by atoms with Crippen molar-refractivity contribution >= 4 is 18.3 Å². The molecule has 0 unspecified atom stereocenters. The SMILES string of the molecule is CN(C)CCNc1cccc(B2OC(C)(C)C(C)(C)O2)c1. The van der Waals surface area contributed by atoms with Crippen LogP contribution in [0.3, 0.4) is 0 Å². The van der Waals surface area contributed by atoms with E-state index in [2.05, 4.69) is 70.2 Å². The Morgan fingerprint density at radius 2 is 1.71 bits per heavy atom. The van der Waals surface area contributed by atoms with E-state index in [0.29, 0.717) is 0 Å². The second-order valence-electron chi connectivity index (χ2n) is 6.94. The number of rotatable bonds is 5. The molecule has 116 valence electrons. The van der Waals surface area contributed by atoms with Crippen molar-refractivity contribution in [2.45, 2.75) is 38.9 Å². The maximum Gasteiger partial charge on any atom is 0.494 e. The fourth-order valence-corrected chi connectivity index (χ4v) is 2.20. The van der Waals surface area contributed by atoms with Gasteiger partial charge in [0.1, 0.15) is 0 Å². The molecule has 1 aliphatic rings. The highest BCUT2D eigenvalue weighted by Gasteiger charge is 2.51. The largest absolute Gasteiger partial charge is 0.494 e. The second-order valence-corrected chi connectivity index (χ2v) is 6.94. The molecule has 1 aliphatic heterocycles. The van der Waals surface area contributed by atoms with Crippen molar-refractivity contribution < 1.29 is 9.31 Å². The van der Waals surface area contributed by atoms with Gasteiger partial charge in [-0.05, 0) is 59.4 Å². The van der Waals surface area contributed by atoms with Crippen molar-refractivity contribution in [3.05, 3.63) is 24.3 Å². The summed E-state index contributed by atoms with van der Waals surface area (Å²) in [5, 5.41) is 3.43. The van der Waals surface area contributed by atoms with Crippen molar-refractivity contribution in [1.82, 2.24) is 4.90 Å². The summed E-state index contributed by atoms with van der Waals surface area (Å²) in [6.45, 7) is 10.2. The number of anilines is 1. The molecule has 5 heteroatoms. The fraction of sp³-hybridized carbons (Fsp3) is 0.625. The van der Waals surface area contributed by atoms with Gasteiger partial charge < -0.3 is 19.5 Å². The molecule has 1 saturated heterocycles. The van der Waals surface area contributed by atoms with Crippen LogP contribution in [0.15, 0.2) is 24.3 Å². The standard InChI is InChI=1S/C16H27BN2O2/c1-15(2)16(3,4)21-17(20-15)13-8-7-9-14(12-13)18-10-11-19(5)6/h7-9,12,18H,10-11H2,1-6H3. The molecule has 0 aliphatic carbocycles. The van der Waals surface area contributed by atoms with E-state index in [1.165, 1.54) is 0 Å². The quantitative estimate of drug-likeness (QED) is 0.841. The Morgan fingerprint density at radius 3 is 2.29 bits per heavy atom. The Bertz CT molecular complexity index is 473. The molecule has 0 saturated carbocycles. The van der Waals surface area contributed by atoms with Crippen LogP contribution in [0.5, 0.6) is 0 Å². The summed E-state index contributed by atoms with van der Waals surface area (Å²) < 4.78 is 12.2. The van der Waals surface area contributed by atoms with Crippen LogP contribution < -0.4 is 10.8 Å². The van der Waals surface area contributed by atoms with Crippen LogP contribution >= 0.6 is 0 Å². The lowest BCUT2D eigenvalue weighted by atomic mass is 9.79. The summed E-state index contributed by atoms with van der Waals surface area (Å²) in [5.74, 6) is 0.